The lowest BCUT2D eigenvalue weighted by atomic mass is 9.96. The molecule has 0 saturated carbocycles. The summed E-state index contributed by atoms with van der Waals surface area (Å²) < 4.78 is 0. The third-order valence-corrected chi connectivity index (χ3v) is 4.83. The number of halogens is 1. The summed E-state index contributed by atoms with van der Waals surface area (Å²) in [4.78, 5) is 28.1. The standard InChI is InChI=1S/C19H27ClN4O2S/c1-5-16(25)24-10-8-23(9-11-24)15-7-6-13(20)12-14(15)21-18(27)22-17(26)19(2,3)4/h6-7,12H,5,8-11H2,1-4H3,(H2,21,22,26,27). The number of piperazine rings is 1. The molecule has 1 saturated heterocycles. The second-order valence-electron chi connectivity index (χ2n) is 7.54. The summed E-state index contributed by atoms with van der Waals surface area (Å²) in [5, 5.41) is 6.61. The third-order valence-electron chi connectivity index (χ3n) is 4.39. The zero-order valence-electron chi connectivity index (χ0n) is 16.3. The molecule has 2 amide bonds. The summed E-state index contributed by atoms with van der Waals surface area (Å²) in [6.07, 6.45) is 0.523. The molecule has 0 spiro atoms. The lowest BCUT2D eigenvalue weighted by molar-refractivity contribution is -0.131. The molecule has 148 valence electrons. The van der Waals surface area contributed by atoms with Gasteiger partial charge in [0, 0.05) is 43.0 Å². The normalized spacial score (nSPS) is 14.7. The Morgan fingerprint density at radius 2 is 1.81 bits per heavy atom. The molecule has 1 aromatic rings. The Hall–Kier alpha value is -1.86. The van der Waals surface area contributed by atoms with Gasteiger partial charge in [0.05, 0.1) is 11.4 Å². The van der Waals surface area contributed by atoms with Crippen LogP contribution >= 0.6 is 23.8 Å². The average Bonchev–Trinajstić information content (AvgIpc) is 2.60. The van der Waals surface area contributed by atoms with Gasteiger partial charge in [-0.3, -0.25) is 9.59 Å². The predicted molar refractivity (Wildman–Crippen MR) is 114 cm³/mol. The maximum absolute atomic E-state index is 12.1. The van der Waals surface area contributed by atoms with Gasteiger partial charge in [-0.1, -0.05) is 39.3 Å². The topological polar surface area (TPSA) is 64.7 Å². The third kappa shape index (κ3) is 5.81. The van der Waals surface area contributed by atoms with Crippen molar-refractivity contribution in [2.24, 2.45) is 5.41 Å². The van der Waals surface area contributed by atoms with Crippen molar-refractivity contribution >= 4 is 52.1 Å². The lowest BCUT2D eigenvalue weighted by Crippen LogP contribution is -2.49. The minimum atomic E-state index is -0.537. The second kappa shape index (κ2) is 8.89. The van der Waals surface area contributed by atoms with Gasteiger partial charge in [0.1, 0.15) is 0 Å². The molecular weight excluding hydrogens is 384 g/mol. The van der Waals surface area contributed by atoms with Crippen molar-refractivity contribution in [3.63, 3.8) is 0 Å². The fourth-order valence-corrected chi connectivity index (χ4v) is 3.12. The first kappa shape index (κ1) is 21.4. The van der Waals surface area contributed by atoms with Crippen LogP contribution in [0.2, 0.25) is 5.02 Å². The highest BCUT2D eigenvalue weighted by atomic mass is 35.5. The van der Waals surface area contributed by atoms with E-state index < -0.39 is 5.41 Å². The van der Waals surface area contributed by atoms with Crippen molar-refractivity contribution in [1.29, 1.82) is 0 Å². The van der Waals surface area contributed by atoms with Crippen molar-refractivity contribution in [1.82, 2.24) is 10.2 Å². The first-order valence-corrected chi connectivity index (χ1v) is 9.85. The highest BCUT2D eigenvalue weighted by Gasteiger charge is 2.24. The molecule has 1 aliphatic heterocycles. The second-order valence-corrected chi connectivity index (χ2v) is 8.39. The number of hydrogen-bond donors (Lipinski definition) is 2. The summed E-state index contributed by atoms with van der Waals surface area (Å²) in [5.74, 6) is 0.0189. The van der Waals surface area contributed by atoms with Gasteiger partial charge in [-0.05, 0) is 30.4 Å². The average molecular weight is 411 g/mol. The summed E-state index contributed by atoms with van der Waals surface area (Å²) in [6, 6.07) is 5.54. The van der Waals surface area contributed by atoms with Gasteiger partial charge in [-0.25, -0.2) is 0 Å². The van der Waals surface area contributed by atoms with Crippen molar-refractivity contribution in [3.8, 4) is 0 Å². The van der Waals surface area contributed by atoms with Gasteiger partial charge in [0.25, 0.3) is 0 Å². The maximum Gasteiger partial charge on any atom is 0.231 e. The first-order chi connectivity index (χ1) is 12.6. The monoisotopic (exact) mass is 410 g/mol. The summed E-state index contributed by atoms with van der Waals surface area (Å²) in [5.41, 5.74) is 1.14. The lowest BCUT2D eigenvalue weighted by Gasteiger charge is -2.37. The van der Waals surface area contributed by atoms with Gasteiger partial charge >= 0.3 is 0 Å². The highest BCUT2D eigenvalue weighted by Crippen LogP contribution is 2.30. The number of carbonyl (C=O) groups is 2. The molecule has 6 nitrogen and oxygen atoms in total. The Kier molecular flexibility index (Phi) is 7.06. The summed E-state index contributed by atoms with van der Waals surface area (Å²) in [7, 11) is 0. The van der Waals surface area contributed by atoms with Crippen molar-refractivity contribution in [2.75, 3.05) is 36.4 Å². The number of hydrogen-bond acceptors (Lipinski definition) is 4. The maximum atomic E-state index is 12.1. The largest absolute Gasteiger partial charge is 0.366 e. The summed E-state index contributed by atoms with van der Waals surface area (Å²) >= 11 is 11.5. The smallest absolute Gasteiger partial charge is 0.231 e. The molecule has 0 bridgehead atoms. The molecule has 0 aromatic heterocycles. The minimum Gasteiger partial charge on any atom is -0.366 e. The van der Waals surface area contributed by atoms with Crippen LogP contribution in [0.3, 0.4) is 0 Å². The van der Waals surface area contributed by atoms with Crippen molar-refractivity contribution in [3.05, 3.63) is 23.2 Å². The molecule has 0 unspecified atom stereocenters. The fraction of sp³-hybridized carbons (Fsp3) is 0.526. The zero-order chi connectivity index (χ0) is 20.2. The van der Waals surface area contributed by atoms with Crippen LogP contribution in [0.15, 0.2) is 18.2 Å². The van der Waals surface area contributed by atoms with Gasteiger partial charge in [0.2, 0.25) is 11.8 Å². The van der Waals surface area contributed by atoms with Gasteiger partial charge in [-0.15, -0.1) is 0 Å². The number of carbonyl (C=O) groups excluding carboxylic acids is 2. The first-order valence-electron chi connectivity index (χ1n) is 9.06. The predicted octanol–water partition coefficient (Wildman–Crippen LogP) is 3.26. The van der Waals surface area contributed by atoms with E-state index in [1.165, 1.54) is 0 Å². The highest BCUT2D eigenvalue weighted by molar-refractivity contribution is 7.80. The molecule has 2 rings (SSSR count). The number of nitrogens with one attached hydrogen (secondary N) is 2. The molecule has 1 heterocycles. The van der Waals surface area contributed by atoms with E-state index in [0.29, 0.717) is 24.5 Å². The minimum absolute atomic E-state index is 0.157. The van der Waals surface area contributed by atoms with E-state index in [9.17, 15) is 9.59 Å². The molecular formula is C19H27ClN4O2S. The van der Waals surface area contributed by atoms with Crippen LogP contribution in [-0.2, 0) is 9.59 Å². The van der Waals surface area contributed by atoms with E-state index in [2.05, 4.69) is 15.5 Å². The van der Waals surface area contributed by atoms with Crippen LogP contribution in [0, 0.1) is 5.41 Å². The van der Waals surface area contributed by atoms with Gasteiger partial charge in [-0.2, -0.15) is 0 Å². The van der Waals surface area contributed by atoms with Crippen molar-refractivity contribution in [2.45, 2.75) is 34.1 Å². The molecule has 8 heteroatoms. The number of rotatable bonds is 3. The number of amides is 2. The molecule has 1 fully saturated rings. The van der Waals surface area contributed by atoms with E-state index in [4.69, 9.17) is 23.8 Å². The van der Waals surface area contributed by atoms with Crippen LogP contribution in [0.4, 0.5) is 11.4 Å². The summed E-state index contributed by atoms with van der Waals surface area (Å²) in [6.45, 7) is 10.2. The molecule has 0 atom stereocenters. The number of anilines is 2. The Morgan fingerprint density at radius 3 is 2.37 bits per heavy atom. The number of benzene rings is 1. The van der Waals surface area contributed by atoms with Crippen LogP contribution in [0.5, 0.6) is 0 Å². The van der Waals surface area contributed by atoms with Gasteiger partial charge < -0.3 is 20.4 Å². The van der Waals surface area contributed by atoms with E-state index in [-0.39, 0.29) is 16.9 Å². The zero-order valence-corrected chi connectivity index (χ0v) is 17.8. The molecule has 2 N–H and O–H groups in total. The van der Waals surface area contributed by atoms with Crippen LogP contribution in [-0.4, -0.2) is 48.0 Å². The molecule has 27 heavy (non-hydrogen) atoms. The quantitative estimate of drug-likeness (QED) is 0.749. The van der Waals surface area contributed by atoms with Crippen molar-refractivity contribution < 1.29 is 9.59 Å². The SMILES string of the molecule is CCC(=O)N1CCN(c2ccc(Cl)cc2NC(=S)NC(=O)C(C)(C)C)CC1. The molecule has 1 aliphatic rings. The van der Waals surface area contributed by atoms with E-state index in [0.717, 1.165) is 24.5 Å². The molecule has 1 aromatic carbocycles. The molecule has 0 radical (unpaired) electrons. The van der Waals surface area contributed by atoms with Crippen LogP contribution in [0.25, 0.3) is 0 Å². The van der Waals surface area contributed by atoms with E-state index in [1.807, 2.05) is 44.7 Å². The molecule has 0 aliphatic carbocycles. The number of thiocarbonyl (C=S) groups is 1. The van der Waals surface area contributed by atoms with Crippen LogP contribution in [0.1, 0.15) is 34.1 Å². The Bertz CT molecular complexity index is 725. The van der Waals surface area contributed by atoms with E-state index >= 15 is 0 Å². The Morgan fingerprint density at radius 1 is 1.19 bits per heavy atom. The Labute approximate surface area is 171 Å². The van der Waals surface area contributed by atoms with Crippen LogP contribution < -0.4 is 15.5 Å². The number of nitrogens with zero attached hydrogens (tertiary/aromatic N) is 2. The fourth-order valence-electron chi connectivity index (χ4n) is 2.75. The Balaban J connectivity index is 2.10. The van der Waals surface area contributed by atoms with Gasteiger partial charge in [0.15, 0.2) is 5.11 Å². The van der Waals surface area contributed by atoms with E-state index in [1.54, 1.807) is 6.07 Å².